The van der Waals surface area contributed by atoms with Crippen molar-refractivity contribution in [1.29, 1.82) is 0 Å². The van der Waals surface area contributed by atoms with Gasteiger partial charge in [0, 0.05) is 19.6 Å². The number of rotatable bonds is 5. The van der Waals surface area contributed by atoms with Crippen molar-refractivity contribution in [3.8, 4) is 0 Å². The first-order chi connectivity index (χ1) is 7.79. The van der Waals surface area contributed by atoms with E-state index in [0.29, 0.717) is 19.6 Å². The molecule has 102 valence electrons. The molecule has 0 aliphatic carbocycles. The van der Waals surface area contributed by atoms with Crippen LogP contribution in [0.25, 0.3) is 0 Å². The number of hydrogen-bond donors (Lipinski definition) is 1. The Balaban J connectivity index is 2.69. The molecule has 1 N–H and O–H groups in total. The Kier molecular flexibility index (Phi) is 4.98. The zero-order valence-corrected chi connectivity index (χ0v) is 12.3. The molecule has 1 saturated heterocycles. The fourth-order valence-electron chi connectivity index (χ4n) is 2.29. The summed E-state index contributed by atoms with van der Waals surface area (Å²) in [7, 11) is -3.13. The molecule has 0 radical (unpaired) electrons. The molecule has 0 bridgehead atoms. The molecule has 0 aromatic rings. The zero-order valence-electron chi connectivity index (χ0n) is 11.5. The predicted octanol–water partition coefficient (Wildman–Crippen LogP) is 1.44. The van der Waals surface area contributed by atoms with Crippen LogP contribution in [0, 0.1) is 5.41 Å². The third-order valence-electron chi connectivity index (χ3n) is 3.42. The predicted molar refractivity (Wildman–Crippen MR) is 71.5 cm³/mol. The molecule has 5 heteroatoms. The molecule has 4 nitrogen and oxygen atoms in total. The summed E-state index contributed by atoms with van der Waals surface area (Å²) in [5, 5.41) is 2.77. The topological polar surface area (TPSA) is 49.4 Å². The van der Waals surface area contributed by atoms with Crippen molar-refractivity contribution in [2.45, 2.75) is 45.8 Å². The Bertz CT molecular complexity index is 338. The summed E-state index contributed by atoms with van der Waals surface area (Å²) < 4.78 is 26.4. The molecule has 17 heavy (non-hydrogen) atoms. The monoisotopic (exact) mass is 262 g/mol. The van der Waals surface area contributed by atoms with Crippen LogP contribution in [0.2, 0.25) is 0 Å². The van der Waals surface area contributed by atoms with Gasteiger partial charge in [0.1, 0.15) is 0 Å². The van der Waals surface area contributed by atoms with Crippen LogP contribution < -0.4 is 5.32 Å². The van der Waals surface area contributed by atoms with Crippen molar-refractivity contribution in [3.05, 3.63) is 0 Å². The molecule has 1 aliphatic heterocycles. The number of nitrogens with one attached hydrogen (secondary N) is 1. The first-order valence-electron chi connectivity index (χ1n) is 6.49. The smallest absolute Gasteiger partial charge is 0.217 e. The fraction of sp³-hybridized carbons (Fsp3) is 1.00. The van der Waals surface area contributed by atoms with Gasteiger partial charge in [-0.1, -0.05) is 20.8 Å². The maximum atomic E-state index is 12.4. The molecule has 0 amide bonds. The van der Waals surface area contributed by atoms with Crippen molar-refractivity contribution >= 4 is 10.0 Å². The van der Waals surface area contributed by atoms with E-state index in [4.69, 9.17) is 0 Å². The van der Waals surface area contributed by atoms with Crippen molar-refractivity contribution in [3.63, 3.8) is 0 Å². The third-order valence-corrected chi connectivity index (χ3v) is 5.63. The summed E-state index contributed by atoms with van der Waals surface area (Å²) in [5.74, 6) is 0. The molecule has 0 spiro atoms. The van der Waals surface area contributed by atoms with E-state index in [2.05, 4.69) is 19.2 Å². The Labute approximate surface area is 106 Å². The highest BCUT2D eigenvalue weighted by molar-refractivity contribution is 7.89. The molecule has 0 saturated carbocycles. The van der Waals surface area contributed by atoms with Gasteiger partial charge in [-0.15, -0.1) is 0 Å². The Hall–Kier alpha value is -0.130. The minimum atomic E-state index is -3.13. The van der Waals surface area contributed by atoms with E-state index in [1.165, 1.54) is 0 Å². The maximum Gasteiger partial charge on any atom is 0.217 e. The number of nitrogens with zero attached hydrogens (tertiary/aromatic N) is 1. The normalized spacial score (nSPS) is 23.5. The largest absolute Gasteiger partial charge is 0.316 e. The van der Waals surface area contributed by atoms with Crippen LogP contribution in [0.4, 0.5) is 0 Å². The van der Waals surface area contributed by atoms with Gasteiger partial charge in [0.15, 0.2) is 0 Å². The number of sulfonamides is 1. The number of piperidine rings is 1. The standard InChI is InChI=1S/C12H26N2O2S/c1-5-13-9-11(2)17(15,16)14-8-6-7-12(3,4)10-14/h11,13H,5-10H2,1-4H3. The van der Waals surface area contributed by atoms with E-state index >= 15 is 0 Å². The van der Waals surface area contributed by atoms with Crippen molar-refractivity contribution in [1.82, 2.24) is 9.62 Å². The van der Waals surface area contributed by atoms with Crippen LogP contribution in [-0.2, 0) is 10.0 Å². The van der Waals surface area contributed by atoms with Gasteiger partial charge in [0.2, 0.25) is 10.0 Å². The minimum absolute atomic E-state index is 0.114. The molecule has 1 aliphatic rings. The average molecular weight is 262 g/mol. The average Bonchev–Trinajstić information content (AvgIpc) is 2.24. The number of hydrogen-bond acceptors (Lipinski definition) is 3. The van der Waals surface area contributed by atoms with Gasteiger partial charge in [-0.2, -0.15) is 0 Å². The van der Waals surface area contributed by atoms with E-state index in [9.17, 15) is 8.42 Å². The first kappa shape index (κ1) is 14.9. The van der Waals surface area contributed by atoms with E-state index in [1.54, 1.807) is 11.2 Å². The highest BCUT2D eigenvalue weighted by Crippen LogP contribution is 2.30. The Morgan fingerprint density at radius 1 is 1.41 bits per heavy atom. The molecule has 1 rings (SSSR count). The first-order valence-corrected chi connectivity index (χ1v) is 7.99. The lowest BCUT2D eigenvalue weighted by Gasteiger charge is -2.38. The Morgan fingerprint density at radius 2 is 2.06 bits per heavy atom. The maximum absolute atomic E-state index is 12.4. The van der Waals surface area contributed by atoms with Gasteiger partial charge >= 0.3 is 0 Å². The second kappa shape index (κ2) is 5.67. The molecule has 0 aromatic carbocycles. The zero-order chi connectivity index (χ0) is 13.1. The van der Waals surface area contributed by atoms with Crippen LogP contribution in [0.5, 0.6) is 0 Å². The third kappa shape index (κ3) is 3.93. The van der Waals surface area contributed by atoms with Crippen LogP contribution in [0.3, 0.4) is 0 Å². The van der Waals surface area contributed by atoms with Gasteiger partial charge in [0.05, 0.1) is 5.25 Å². The quantitative estimate of drug-likeness (QED) is 0.815. The lowest BCUT2D eigenvalue weighted by molar-refractivity contribution is 0.186. The summed E-state index contributed by atoms with van der Waals surface area (Å²) in [4.78, 5) is 0. The summed E-state index contributed by atoms with van der Waals surface area (Å²) in [6.45, 7) is 10.8. The van der Waals surface area contributed by atoms with Crippen LogP contribution in [-0.4, -0.2) is 44.2 Å². The SMILES string of the molecule is CCNCC(C)S(=O)(=O)N1CCCC(C)(C)C1. The van der Waals surface area contributed by atoms with E-state index < -0.39 is 10.0 Å². The molecule has 1 heterocycles. The van der Waals surface area contributed by atoms with Crippen molar-refractivity contribution in [2.24, 2.45) is 5.41 Å². The molecule has 1 unspecified atom stereocenters. The summed E-state index contributed by atoms with van der Waals surface area (Å²) in [6.07, 6.45) is 2.08. The van der Waals surface area contributed by atoms with E-state index in [-0.39, 0.29) is 10.7 Å². The van der Waals surface area contributed by atoms with E-state index in [0.717, 1.165) is 19.4 Å². The lowest BCUT2D eigenvalue weighted by atomic mass is 9.85. The minimum Gasteiger partial charge on any atom is -0.316 e. The summed E-state index contributed by atoms with van der Waals surface area (Å²) in [5.41, 5.74) is 0.114. The highest BCUT2D eigenvalue weighted by atomic mass is 32.2. The van der Waals surface area contributed by atoms with Crippen LogP contribution >= 0.6 is 0 Å². The van der Waals surface area contributed by atoms with Gasteiger partial charge in [-0.25, -0.2) is 12.7 Å². The molecule has 0 aromatic heterocycles. The molecule has 1 atom stereocenters. The van der Waals surface area contributed by atoms with Gasteiger partial charge in [0.25, 0.3) is 0 Å². The van der Waals surface area contributed by atoms with Gasteiger partial charge in [-0.3, -0.25) is 0 Å². The second-order valence-corrected chi connectivity index (χ2v) is 8.12. The molecular weight excluding hydrogens is 236 g/mol. The van der Waals surface area contributed by atoms with Crippen LogP contribution in [0.1, 0.15) is 40.5 Å². The lowest BCUT2D eigenvalue weighted by Crippen LogP contribution is -2.48. The summed E-state index contributed by atoms with van der Waals surface area (Å²) in [6, 6.07) is 0. The van der Waals surface area contributed by atoms with Crippen molar-refractivity contribution in [2.75, 3.05) is 26.2 Å². The van der Waals surface area contributed by atoms with Gasteiger partial charge < -0.3 is 5.32 Å². The second-order valence-electron chi connectivity index (χ2n) is 5.76. The fourth-order valence-corrected chi connectivity index (χ4v) is 4.04. The molecular formula is C12H26N2O2S. The van der Waals surface area contributed by atoms with Crippen molar-refractivity contribution < 1.29 is 8.42 Å². The summed E-state index contributed by atoms with van der Waals surface area (Å²) >= 11 is 0. The highest BCUT2D eigenvalue weighted by Gasteiger charge is 2.35. The molecule has 1 fully saturated rings. The van der Waals surface area contributed by atoms with E-state index in [1.807, 2.05) is 6.92 Å². The Morgan fingerprint density at radius 3 is 2.59 bits per heavy atom. The van der Waals surface area contributed by atoms with Crippen LogP contribution in [0.15, 0.2) is 0 Å². The van der Waals surface area contributed by atoms with Gasteiger partial charge in [-0.05, 0) is 31.7 Å².